The molecule has 0 radical (unpaired) electrons. The first-order valence-corrected chi connectivity index (χ1v) is 7.53. The number of aromatic hydroxyl groups is 1. The summed E-state index contributed by atoms with van der Waals surface area (Å²) >= 11 is 0.725. The van der Waals surface area contributed by atoms with Crippen molar-refractivity contribution in [2.75, 3.05) is 12.3 Å². The molecule has 10 nitrogen and oxygen atoms in total. The Morgan fingerprint density at radius 2 is 2.30 bits per heavy atom. The predicted octanol–water partition coefficient (Wildman–Crippen LogP) is -0.648. The van der Waals surface area contributed by atoms with Gasteiger partial charge in [-0.2, -0.15) is 9.97 Å². The molecule has 1 fully saturated rings. The second kappa shape index (κ2) is 5.76. The molecule has 0 amide bonds. The smallest absolute Gasteiger partial charge is 0.311 e. The van der Waals surface area contributed by atoms with E-state index in [1.807, 2.05) is 0 Å². The van der Waals surface area contributed by atoms with Crippen molar-refractivity contribution in [3.63, 3.8) is 0 Å². The van der Waals surface area contributed by atoms with Crippen molar-refractivity contribution >= 4 is 33.6 Å². The normalized spacial score (nSPS) is 24.2. The molecule has 2 aromatic heterocycles. The van der Waals surface area contributed by atoms with Crippen LogP contribution in [0.4, 0.5) is 5.95 Å². The standard InChI is InChI=1S/C12H14N4O6S/c1-4(18)21-6-2-5(3-17)22-10(6)16-8-7(23-12(16)20)9(19)15-11(13)14-8/h5-6,10,17H,2-3H2,1H3,(H3,13,14,15,19)/t5-,6+,10+/m0/s1. The summed E-state index contributed by atoms with van der Waals surface area (Å²) in [5.74, 6) is -1.15. The molecule has 2 aromatic rings. The topological polar surface area (TPSA) is 150 Å². The van der Waals surface area contributed by atoms with E-state index in [0.717, 1.165) is 15.9 Å². The number of anilines is 1. The molecular formula is C12H14N4O6S. The van der Waals surface area contributed by atoms with E-state index in [1.165, 1.54) is 6.92 Å². The third-order valence-corrected chi connectivity index (χ3v) is 4.32. The number of rotatable bonds is 3. The number of fused-ring (bicyclic) bond motifs is 1. The van der Waals surface area contributed by atoms with Gasteiger partial charge in [0.25, 0.3) is 0 Å². The zero-order valence-corrected chi connectivity index (χ0v) is 12.8. The van der Waals surface area contributed by atoms with Gasteiger partial charge in [0.1, 0.15) is 10.8 Å². The summed E-state index contributed by atoms with van der Waals surface area (Å²) in [6, 6.07) is 0. The minimum atomic E-state index is -0.967. The molecule has 0 aliphatic carbocycles. The largest absolute Gasteiger partial charge is 0.492 e. The number of nitrogens with two attached hydrogens (primary N) is 1. The van der Waals surface area contributed by atoms with Gasteiger partial charge in [-0.1, -0.05) is 11.3 Å². The van der Waals surface area contributed by atoms with Crippen molar-refractivity contribution in [3.05, 3.63) is 9.67 Å². The fraction of sp³-hybridized carbons (Fsp3) is 0.500. The maximum Gasteiger partial charge on any atom is 0.311 e. The number of aliphatic hydroxyl groups excluding tert-OH is 1. The van der Waals surface area contributed by atoms with Crippen LogP contribution >= 0.6 is 11.3 Å². The first kappa shape index (κ1) is 15.6. The van der Waals surface area contributed by atoms with Gasteiger partial charge in [0.2, 0.25) is 11.8 Å². The Hall–Kier alpha value is -2.24. The Kier molecular flexibility index (Phi) is 3.92. The van der Waals surface area contributed by atoms with Crippen LogP contribution in [-0.2, 0) is 14.3 Å². The van der Waals surface area contributed by atoms with E-state index in [9.17, 15) is 19.8 Å². The van der Waals surface area contributed by atoms with Crippen LogP contribution in [0, 0.1) is 0 Å². The molecule has 1 aliphatic rings. The van der Waals surface area contributed by atoms with Crippen molar-refractivity contribution in [2.24, 2.45) is 0 Å². The van der Waals surface area contributed by atoms with E-state index in [0.29, 0.717) is 0 Å². The highest BCUT2D eigenvalue weighted by molar-refractivity contribution is 7.16. The number of carbonyl (C=O) groups excluding carboxylic acids is 1. The van der Waals surface area contributed by atoms with Crippen molar-refractivity contribution in [3.8, 4) is 5.88 Å². The Labute approximate surface area is 133 Å². The number of esters is 1. The van der Waals surface area contributed by atoms with Gasteiger partial charge in [0, 0.05) is 13.3 Å². The number of hydrogen-bond donors (Lipinski definition) is 3. The van der Waals surface area contributed by atoms with Crippen molar-refractivity contribution in [2.45, 2.75) is 31.8 Å². The lowest BCUT2D eigenvalue weighted by Crippen LogP contribution is -2.30. The molecule has 1 saturated heterocycles. The molecular weight excluding hydrogens is 328 g/mol. The number of carbonyl (C=O) groups is 1. The first-order valence-electron chi connectivity index (χ1n) is 6.71. The maximum absolute atomic E-state index is 12.3. The monoisotopic (exact) mass is 342 g/mol. The second-order valence-corrected chi connectivity index (χ2v) is 5.97. The first-order chi connectivity index (χ1) is 10.9. The lowest BCUT2D eigenvalue weighted by Gasteiger charge is -2.19. The highest BCUT2D eigenvalue weighted by atomic mass is 32.1. The molecule has 0 aromatic carbocycles. The number of nitrogen functional groups attached to an aromatic ring is 1. The summed E-state index contributed by atoms with van der Waals surface area (Å²) in [6.45, 7) is 0.956. The fourth-order valence-corrected chi connectivity index (χ4v) is 3.36. The van der Waals surface area contributed by atoms with Gasteiger partial charge in [-0.3, -0.25) is 14.2 Å². The lowest BCUT2D eigenvalue weighted by molar-refractivity contribution is -0.152. The average molecular weight is 342 g/mol. The molecule has 0 saturated carbocycles. The van der Waals surface area contributed by atoms with Crippen LogP contribution in [0.25, 0.3) is 10.3 Å². The molecule has 1 aliphatic heterocycles. The molecule has 3 rings (SSSR count). The van der Waals surface area contributed by atoms with E-state index < -0.39 is 35.2 Å². The quantitative estimate of drug-likeness (QED) is 0.618. The van der Waals surface area contributed by atoms with Gasteiger partial charge in [0.05, 0.1) is 12.7 Å². The van der Waals surface area contributed by atoms with Crippen LogP contribution in [0.1, 0.15) is 19.6 Å². The zero-order valence-electron chi connectivity index (χ0n) is 12.0. The molecule has 23 heavy (non-hydrogen) atoms. The second-order valence-electron chi connectivity index (χ2n) is 5.01. The molecule has 4 N–H and O–H groups in total. The van der Waals surface area contributed by atoms with Crippen LogP contribution < -0.4 is 10.6 Å². The third kappa shape index (κ3) is 2.73. The highest BCUT2D eigenvalue weighted by Gasteiger charge is 2.40. The van der Waals surface area contributed by atoms with Crippen molar-refractivity contribution in [1.29, 1.82) is 0 Å². The predicted molar refractivity (Wildman–Crippen MR) is 78.9 cm³/mol. The fourth-order valence-electron chi connectivity index (χ4n) is 2.53. The zero-order chi connectivity index (χ0) is 16.7. The Morgan fingerprint density at radius 3 is 2.96 bits per heavy atom. The Morgan fingerprint density at radius 1 is 1.57 bits per heavy atom. The molecule has 0 spiro atoms. The summed E-state index contributed by atoms with van der Waals surface area (Å²) < 4.78 is 12.1. The molecule has 11 heteroatoms. The van der Waals surface area contributed by atoms with Crippen LogP contribution in [0.15, 0.2) is 4.79 Å². The third-order valence-electron chi connectivity index (χ3n) is 3.38. The number of aromatic nitrogens is 3. The maximum atomic E-state index is 12.3. The van der Waals surface area contributed by atoms with E-state index in [4.69, 9.17) is 15.2 Å². The molecule has 3 atom stereocenters. The van der Waals surface area contributed by atoms with Gasteiger partial charge in [-0.25, -0.2) is 0 Å². The summed E-state index contributed by atoms with van der Waals surface area (Å²) in [5, 5.41) is 19.1. The summed E-state index contributed by atoms with van der Waals surface area (Å²) in [4.78, 5) is 30.6. The SMILES string of the molecule is CC(=O)O[C@@H]1C[C@@H](CO)O[C@H]1n1c(=O)sc2c(O)nc(N)nc21. The minimum Gasteiger partial charge on any atom is -0.492 e. The number of nitrogens with zero attached hydrogens (tertiary/aromatic N) is 3. The Bertz CT molecular complexity index is 818. The number of aliphatic hydroxyl groups is 1. The van der Waals surface area contributed by atoms with Crippen LogP contribution in [0.3, 0.4) is 0 Å². The van der Waals surface area contributed by atoms with Crippen LogP contribution in [0.2, 0.25) is 0 Å². The van der Waals surface area contributed by atoms with Crippen LogP contribution in [0.5, 0.6) is 5.88 Å². The number of hydrogen-bond acceptors (Lipinski definition) is 10. The molecule has 3 heterocycles. The van der Waals surface area contributed by atoms with Gasteiger partial charge in [-0.05, 0) is 0 Å². The highest BCUT2D eigenvalue weighted by Crippen LogP contribution is 2.34. The van der Waals surface area contributed by atoms with E-state index in [-0.39, 0.29) is 29.3 Å². The average Bonchev–Trinajstić information content (AvgIpc) is 2.99. The van der Waals surface area contributed by atoms with E-state index in [1.54, 1.807) is 0 Å². The van der Waals surface area contributed by atoms with Crippen LogP contribution in [-0.4, -0.2) is 49.5 Å². The van der Waals surface area contributed by atoms with Gasteiger partial charge in [-0.15, -0.1) is 0 Å². The number of thiazole rings is 1. The van der Waals surface area contributed by atoms with Gasteiger partial charge >= 0.3 is 10.8 Å². The summed E-state index contributed by atoms with van der Waals surface area (Å²) in [6.07, 6.45) is -2.08. The van der Waals surface area contributed by atoms with E-state index >= 15 is 0 Å². The minimum absolute atomic E-state index is 0.0886. The number of ether oxygens (including phenoxy) is 2. The van der Waals surface area contributed by atoms with Crippen molar-refractivity contribution in [1.82, 2.24) is 14.5 Å². The van der Waals surface area contributed by atoms with E-state index in [2.05, 4.69) is 9.97 Å². The lowest BCUT2D eigenvalue weighted by atomic mass is 10.2. The molecule has 0 unspecified atom stereocenters. The molecule has 124 valence electrons. The van der Waals surface area contributed by atoms with Crippen molar-refractivity contribution < 1.29 is 24.5 Å². The van der Waals surface area contributed by atoms with Gasteiger partial charge < -0.3 is 25.4 Å². The van der Waals surface area contributed by atoms with Gasteiger partial charge in [0.15, 0.2) is 11.9 Å². The summed E-state index contributed by atoms with van der Waals surface area (Å²) in [5.41, 5.74) is 5.60. The Balaban J connectivity index is 2.12. The molecule has 0 bridgehead atoms. The summed E-state index contributed by atoms with van der Waals surface area (Å²) in [7, 11) is 0.